The highest BCUT2D eigenvalue weighted by atomic mass is 32.2. The number of carbonyl (C=O) groups excluding carboxylic acids is 4. The van der Waals surface area contributed by atoms with E-state index >= 15 is 0 Å². The number of nitrogens with zero attached hydrogens (tertiary/aromatic N) is 2. The van der Waals surface area contributed by atoms with E-state index in [1.54, 1.807) is 11.8 Å². The van der Waals surface area contributed by atoms with Crippen molar-refractivity contribution in [1.82, 2.24) is 15.1 Å². The Morgan fingerprint density at radius 3 is 1.88 bits per heavy atom. The zero-order valence-electron chi connectivity index (χ0n) is 26.8. The number of Topliss-reactive ketones (excluding diaryl/α,β-unsaturated/α-hetero) is 1. The van der Waals surface area contributed by atoms with Crippen molar-refractivity contribution in [2.75, 3.05) is 20.1 Å². The molecule has 1 aliphatic heterocycles. The highest BCUT2D eigenvalue weighted by molar-refractivity contribution is 8.00. The van der Waals surface area contributed by atoms with Crippen LogP contribution < -0.4 is 5.32 Å². The number of hydrogen-bond donors (Lipinski definition) is 1. The van der Waals surface area contributed by atoms with Gasteiger partial charge in [-0.3, -0.25) is 4.79 Å². The molecular weight excluding hydrogens is 627 g/mol. The van der Waals surface area contributed by atoms with Crippen LogP contribution in [0, 0.1) is 0 Å². The summed E-state index contributed by atoms with van der Waals surface area (Å²) in [5.74, 6) is -0.864. The number of thioether (sulfide) groups is 1. The normalized spacial score (nSPS) is 16.1. The van der Waals surface area contributed by atoms with Crippen molar-refractivity contribution in [1.29, 1.82) is 0 Å². The zero-order valence-corrected chi connectivity index (χ0v) is 27.6. The molecule has 248 valence electrons. The first kappa shape index (κ1) is 34.3. The first-order chi connectivity index (χ1) is 23.4. The smallest absolute Gasteiger partial charge is 0.408 e. The lowest BCUT2D eigenvalue weighted by Crippen LogP contribution is -2.51. The Morgan fingerprint density at radius 2 is 1.29 bits per heavy atom. The van der Waals surface area contributed by atoms with Crippen LogP contribution in [0.25, 0.3) is 0 Å². The Labute approximate surface area is 285 Å². The van der Waals surface area contributed by atoms with Gasteiger partial charge in [-0.2, -0.15) is 0 Å². The number of ether oxygens (including phenoxy) is 2. The van der Waals surface area contributed by atoms with E-state index in [4.69, 9.17) is 9.47 Å². The van der Waals surface area contributed by atoms with Crippen molar-refractivity contribution < 1.29 is 28.7 Å². The topological polar surface area (TPSA) is 105 Å². The first-order valence-electron chi connectivity index (χ1n) is 15.8. The molecule has 1 fully saturated rings. The molecule has 0 saturated carbocycles. The van der Waals surface area contributed by atoms with E-state index in [0.29, 0.717) is 13.0 Å². The fraction of sp³-hybridized carbons (Fsp3) is 0.263. The molecule has 3 atom stereocenters. The van der Waals surface area contributed by atoms with E-state index in [1.807, 2.05) is 121 Å². The summed E-state index contributed by atoms with van der Waals surface area (Å²) in [6.07, 6.45) is -0.106. The minimum Gasteiger partial charge on any atom is -0.459 e. The van der Waals surface area contributed by atoms with Gasteiger partial charge in [-0.05, 0) is 41.7 Å². The summed E-state index contributed by atoms with van der Waals surface area (Å²) in [6, 6.07) is 35.5. The van der Waals surface area contributed by atoms with E-state index in [9.17, 15) is 19.2 Å². The zero-order chi connectivity index (χ0) is 33.7. The molecule has 0 aromatic heterocycles. The molecule has 0 bridgehead atoms. The molecule has 48 heavy (non-hydrogen) atoms. The van der Waals surface area contributed by atoms with Gasteiger partial charge >= 0.3 is 18.1 Å². The van der Waals surface area contributed by atoms with E-state index in [1.165, 1.54) is 16.8 Å². The van der Waals surface area contributed by atoms with Crippen LogP contribution in [-0.4, -0.2) is 71.1 Å². The number of nitrogens with one attached hydrogen (secondary N) is 1. The summed E-state index contributed by atoms with van der Waals surface area (Å²) in [6.45, 7) is 0.167. The molecule has 1 N–H and O–H groups in total. The molecule has 10 heteroatoms. The maximum atomic E-state index is 13.9. The number of esters is 1. The molecule has 0 radical (unpaired) electrons. The number of urea groups is 1. The Hall–Kier alpha value is -5.09. The Kier molecular flexibility index (Phi) is 12.3. The molecule has 4 aromatic rings. The van der Waals surface area contributed by atoms with Gasteiger partial charge in [0.25, 0.3) is 0 Å². The summed E-state index contributed by atoms with van der Waals surface area (Å²) in [5, 5.41) is 2.65. The Balaban J connectivity index is 1.26. The van der Waals surface area contributed by atoms with Crippen molar-refractivity contribution in [3.8, 4) is 0 Å². The standard InChI is InChI=1S/C38H39N3O6S/c1-40(25-35(42)33(22-28-14-6-2-7-15-28)39-37(44)47-27-30-18-10-4-11-19-30)38(45)41-24-32(48-31-20-12-5-13-21-31)23-34(41)36(43)46-26-29-16-8-3-9-17-29/h2-21,32-34H,22-27H2,1H3,(H,39,44). The van der Waals surface area contributed by atoms with Crippen LogP contribution in [0.3, 0.4) is 0 Å². The van der Waals surface area contributed by atoms with E-state index < -0.39 is 30.2 Å². The molecular formula is C38H39N3O6S. The number of hydrogen-bond acceptors (Lipinski definition) is 7. The largest absolute Gasteiger partial charge is 0.459 e. The number of rotatable bonds is 13. The predicted molar refractivity (Wildman–Crippen MR) is 184 cm³/mol. The molecule has 3 unspecified atom stereocenters. The van der Waals surface area contributed by atoms with Gasteiger partial charge in [0, 0.05) is 23.7 Å². The van der Waals surface area contributed by atoms with Crippen LogP contribution in [0.15, 0.2) is 126 Å². The summed E-state index contributed by atoms with van der Waals surface area (Å²) >= 11 is 1.60. The summed E-state index contributed by atoms with van der Waals surface area (Å²) in [7, 11) is 1.53. The van der Waals surface area contributed by atoms with Crippen LogP contribution in [0.5, 0.6) is 0 Å². The highest BCUT2D eigenvalue weighted by Crippen LogP contribution is 2.34. The fourth-order valence-corrected chi connectivity index (χ4v) is 6.68. The third-order valence-electron chi connectivity index (χ3n) is 7.95. The van der Waals surface area contributed by atoms with E-state index in [2.05, 4.69) is 5.32 Å². The monoisotopic (exact) mass is 665 g/mol. The van der Waals surface area contributed by atoms with Gasteiger partial charge < -0.3 is 24.6 Å². The third kappa shape index (κ3) is 9.95. The third-order valence-corrected chi connectivity index (χ3v) is 9.17. The maximum absolute atomic E-state index is 13.9. The Bertz CT molecular complexity index is 1640. The van der Waals surface area contributed by atoms with Gasteiger partial charge in [0.05, 0.1) is 12.6 Å². The highest BCUT2D eigenvalue weighted by Gasteiger charge is 2.42. The minimum atomic E-state index is -0.947. The first-order valence-corrected chi connectivity index (χ1v) is 16.7. The average molecular weight is 666 g/mol. The Morgan fingerprint density at radius 1 is 0.771 bits per heavy atom. The number of carbonyl (C=O) groups is 4. The minimum absolute atomic E-state index is 0.0518. The lowest BCUT2D eigenvalue weighted by atomic mass is 10.0. The fourth-order valence-electron chi connectivity index (χ4n) is 5.47. The lowest BCUT2D eigenvalue weighted by Gasteiger charge is -2.29. The molecule has 0 aliphatic carbocycles. The summed E-state index contributed by atoms with van der Waals surface area (Å²) < 4.78 is 11.1. The molecule has 1 heterocycles. The van der Waals surface area contributed by atoms with Gasteiger partial charge in [-0.1, -0.05) is 109 Å². The van der Waals surface area contributed by atoms with Gasteiger partial charge in [0.2, 0.25) is 0 Å². The van der Waals surface area contributed by atoms with Gasteiger partial charge in [-0.15, -0.1) is 11.8 Å². The number of likely N-dealkylation sites (N-methyl/N-ethyl adjacent to an activating group) is 1. The number of ketones is 1. The SMILES string of the molecule is CN(CC(=O)C(Cc1ccccc1)NC(=O)OCc1ccccc1)C(=O)N1CC(Sc2ccccc2)CC1C(=O)OCc1ccccc1. The van der Waals surface area contributed by atoms with Crippen molar-refractivity contribution in [2.45, 2.75) is 48.3 Å². The van der Waals surface area contributed by atoms with Gasteiger partial charge in [0.1, 0.15) is 19.3 Å². The van der Waals surface area contributed by atoms with Crippen LogP contribution in [0.1, 0.15) is 23.1 Å². The van der Waals surface area contributed by atoms with Crippen molar-refractivity contribution in [2.24, 2.45) is 0 Å². The predicted octanol–water partition coefficient (Wildman–Crippen LogP) is 6.12. The van der Waals surface area contributed by atoms with Crippen molar-refractivity contribution >= 4 is 35.6 Å². The second-order valence-electron chi connectivity index (χ2n) is 11.6. The molecule has 1 aliphatic rings. The van der Waals surface area contributed by atoms with E-state index in [-0.39, 0.29) is 37.2 Å². The molecule has 4 aromatic carbocycles. The number of likely N-dealkylation sites (tertiary alicyclic amines) is 1. The number of benzene rings is 4. The average Bonchev–Trinajstić information content (AvgIpc) is 3.54. The number of amides is 3. The van der Waals surface area contributed by atoms with Crippen molar-refractivity contribution in [3.63, 3.8) is 0 Å². The summed E-state index contributed by atoms with van der Waals surface area (Å²) in [4.78, 5) is 57.6. The molecule has 3 amide bonds. The molecule has 9 nitrogen and oxygen atoms in total. The van der Waals surface area contributed by atoms with Crippen molar-refractivity contribution in [3.05, 3.63) is 138 Å². The molecule has 1 saturated heterocycles. The van der Waals surface area contributed by atoms with Crippen LogP contribution in [0.4, 0.5) is 9.59 Å². The maximum Gasteiger partial charge on any atom is 0.408 e. The van der Waals surface area contributed by atoms with Gasteiger partial charge in [0.15, 0.2) is 5.78 Å². The van der Waals surface area contributed by atoms with Crippen LogP contribution in [-0.2, 0) is 38.7 Å². The lowest BCUT2D eigenvalue weighted by molar-refractivity contribution is -0.149. The quantitative estimate of drug-likeness (QED) is 0.172. The second-order valence-corrected chi connectivity index (χ2v) is 13.0. The molecule has 0 spiro atoms. The van der Waals surface area contributed by atoms with Gasteiger partial charge in [-0.25, -0.2) is 14.4 Å². The second kappa shape index (κ2) is 17.2. The molecule has 5 rings (SSSR count). The van der Waals surface area contributed by atoms with Crippen LogP contribution in [0.2, 0.25) is 0 Å². The summed E-state index contributed by atoms with van der Waals surface area (Å²) in [5.41, 5.74) is 2.50. The van der Waals surface area contributed by atoms with Crippen LogP contribution >= 0.6 is 11.8 Å². The number of alkyl carbamates (subject to hydrolysis) is 1. The van der Waals surface area contributed by atoms with E-state index in [0.717, 1.165) is 21.6 Å².